The molecule has 1 atom stereocenters. The van der Waals surface area contributed by atoms with E-state index in [9.17, 15) is 14.4 Å². The zero-order chi connectivity index (χ0) is 19.8. The van der Waals surface area contributed by atoms with Crippen molar-refractivity contribution in [2.75, 3.05) is 19.5 Å². The quantitative estimate of drug-likeness (QED) is 0.716. The molecule has 0 unspecified atom stereocenters. The van der Waals surface area contributed by atoms with Gasteiger partial charge in [0.05, 0.1) is 25.5 Å². The van der Waals surface area contributed by atoms with Crippen LogP contribution < -0.4 is 15.4 Å². The van der Waals surface area contributed by atoms with Gasteiger partial charge in [0.25, 0.3) is 5.91 Å². The van der Waals surface area contributed by atoms with Crippen molar-refractivity contribution < 1.29 is 23.9 Å². The van der Waals surface area contributed by atoms with Gasteiger partial charge in [0, 0.05) is 25.6 Å². The molecule has 1 heterocycles. The number of hydrogen-bond donors (Lipinski definition) is 2. The number of hydrogen-bond acceptors (Lipinski definition) is 6. The van der Waals surface area contributed by atoms with Crippen LogP contribution in [0.15, 0.2) is 42.6 Å². The molecule has 0 aliphatic rings. The van der Waals surface area contributed by atoms with Gasteiger partial charge in [0.1, 0.15) is 6.04 Å². The zero-order valence-electron chi connectivity index (χ0n) is 15.3. The van der Waals surface area contributed by atoms with Gasteiger partial charge in [0.2, 0.25) is 11.8 Å². The smallest absolute Gasteiger partial charge is 0.328 e. The molecule has 27 heavy (non-hydrogen) atoms. The number of ether oxygens (including phenoxy) is 2. The first-order valence-electron chi connectivity index (χ1n) is 8.18. The molecule has 0 saturated heterocycles. The van der Waals surface area contributed by atoms with Gasteiger partial charge in [-0.1, -0.05) is 18.2 Å². The summed E-state index contributed by atoms with van der Waals surface area (Å²) in [7, 11) is 2.75. The SMILES string of the molecule is COC(=O)[C@H](Cc1ccc(OC)nc1)NC(=O)c1ccccc1NC(C)=O. The van der Waals surface area contributed by atoms with Gasteiger partial charge in [-0.25, -0.2) is 9.78 Å². The Balaban J connectivity index is 2.19. The predicted molar refractivity (Wildman–Crippen MR) is 98.5 cm³/mol. The Kier molecular flexibility index (Phi) is 6.87. The molecule has 0 saturated carbocycles. The van der Waals surface area contributed by atoms with Gasteiger partial charge in [-0.2, -0.15) is 0 Å². The molecule has 0 bridgehead atoms. The lowest BCUT2D eigenvalue weighted by atomic mass is 10.1. The van der Waals surface area contributed by atoms with Gasteiger partial charge in [-0.05, 0) is 17.7 Å². The third-order valence-corrected chi connectivity index (χ3v) is 3.72. The van der Waals surface area contributed by atoms with Crippen LogP contribution in [0.2, 0.25) is 0 Å². The van der Waals surface area contributed by atoms with Crippen LogP contribution in [-0.2, 0) is 20.7 Å². The van der Waals surface area contributed by atoms with Gasteiger partial charge in [0.15, 0.2) is 0 Å². The van der Waals surface area contributed by atoms with Gasteiger partial charge >= 0.3 is 5.97 Å². The molecule has 2 amide bonds. The highest BCUT2D eigenvalue weighted by atomic mass is 16.5. The molecule has 8 nitrogen and oxygen atoms in total. The van der Waals surface area contributed by atoms with E-state index in [0.29, 0.717) is 11.6 Å². The maximum absolute atomic E-state index is 12.7. The van der Waals surface area contributed by atoms with Gasteiger partial charge < -0.3 is 20.1 Å². The number of nitrogens with zero attached hydrogens (tertiary/aromatic N) is 1. The summed E-state index contributed by atoms with van der Waals surface area (Å²) in [5.41, 5.74) is 1.33. The van der Waals surface area contributed by atoms with Crippen LogP contribution in [0.1, 0.15) is 22.8 Å². The second-order valence-corrected chi connectivity index (χ2v) is 5.69. The van der Waals surface area contributed by atoms with Gasteiger partial charge in [-0.15, -0.1) is 0 Å². The summed E-state index contributed by atoms with van der Waals surface area (Å²) in [5, 5.41) is 5.24. The van der Waals surface area contributed by atoms with E-state index < -0.39 is 17.9 Å². The van der Waals surface area contributed by atoms with E-state index in [2.05, 4.69) is 15.6 Å². The number of amides is 2. The van der Waals surface area contributed by atoms with Crippen LogP contribution in [0.5, 0.6) is 5.88 Å². The lowest BCUT2D eigenvalue weighted by molar-refractivity contribution is -0.142. The second-order valence-electron chi connectivity index (χ2n) is 5.69. The molecule has 1 aromatic heterocycles. The fraction of sp³-hybridized carbons (Fsp3) is 0.263. The van der Waals surface area contributed by atoms with Crippen LogP contribution in [0, 0.1) is 0 Å². The van der Waals surface area contributed by atoms with Crippen molar-refractivity contribution in [3.63, 3.8) is 0 Å². The average molecular weight is 371 g/mol. The van der Waals surface area contributed by atoms with Crippen molar-refractivity contribution in [2.24, 2.45) is 0 Å². The highest BCUT2D eigenvalue weighted by Gasteiger charge is 2.24. The number of esters is 1. The van der Waals surface area contributed by atoms with Crippen LogP contribution in [-0.4, -0.2) is 43.0 Å². The second kappa shape index (κ2) is 9.33. The summed E-state index contributed by atoms with van der Waals surface area (Å²) in [6.07, 6.45) is 1.75. The largest absolute Gasteiger partial charge is 0.481 e. The van der Waals surface area contributed by atoms with Crippen LogP contribution in [0.25, 0.3) is 0 Å². The van der Waals surface area contributed by atoms with Crippen molar-refractivity contribution in [1.29, 1.82) is 0 Å². The number of carbonyl (C=O) groups excluding carboxylic acids is 3. The lowest BCUT2D eigenvalue weighted by Gasteiger charge is -2.18. The highest BCUT2D eigenvalue weighted by molar-refractivity contribution is 6.04. The average Bonchev–Trinajstić information content (AvgIpc) is 2.67. The minimum absolute atomic E-state index is 0.192. The van der Waals surface area contributed by atoms with E-state index in [4.69, 9.17) is 9.47 Å². The first-order chi connectivity index (χ1) is 12.9. The molecule has 0 aliphatic carbocycles. The summed E-state index contributed by atoms with van der Waals surface area (Å²) < 4.78 is 9.80. The Labute approximate surface area is 156 Å². The first-order valence-corrected chi connectivity index (χ1v) is 8.18. The molecule has 0 fully saturated rings. The molecule has 2 rings (SSSR count). The molecule has 8 heteroatoms. The number of nitrogens with one attached hydrogen (secondary N) is 2. The predicted octanol–water partition coefficient (Wildman–Crippen LogP) is 1.56. The summed E-state index contributed by atoms with van der Waals surface area (Å²) in [6.45, 7) is 1.35. The minimum atomic E-state index is -0.914. The summed E-state index contributed by atoms with van der Waals surface area (Å²) >= 11 is 0. The van der Waals surface area contributed by atoms with E-state index >= 15 is 0 Å². The Morgan fingerprint density at radius 1 is 1.11 bits per heavy atom. The summed E-state index contributed by atoms with van der Waals surface area (Å²) in [4.78, 5) is 40.2. The molecule has 0 spiro atoms. The van der Waals surface area contributed by atoms with Crippen molar-refractivity contribution in [3.05, 3.63) is 53.7 Å². The van der Waals surface area contributed by atoms with Crippen molar-refractivity contribution in [1.82, 2.24) is 10.3 Å². The molecular weight excluding hydrogens is 350 g/mol. The summed E-state index contributed by atoms with van der Waals surface area (Å²) in [6, 6.07) is 9.03. The molecule has 0 radical (unpaired) electrons. The number of rotatable bonds is 7. The Morgan fingerprint density at radius 3 is 2.44 bits per heavy atom. The normalized spacial score (nSPS) is 11.2. The van der Waals surface area contributed by atoms with Crippen LogP contribution >= 0.6 is 0 Å². The molecule has 1 aromatic carbocycles. The van der Waals surface area contributed by atoms with Crippen LogP contribution in [0.4, 0.5) is 5.69 Å². The van der Waals surface area contributed by atoms with E-state index in [1.165, 1.54) is 21.1 Å². The maximum Gasteiger partial charge on any atom is 0.328 e. The highest BCUT2D eigenvalue weighted by Crippen LogP contribution is 2.16. The maximum atomic E-state index is 12.7. The molecule has 2 aromatic rings. The van der Waals surface area contributed by atoms with Crippen molar-refractivity contribution in [2.45, 2.75) is 19.4 Å². The number of para-hydroxylation sites is 1. The molecule has 142 valence electrons. The fourth-order valence-electron chi connectivity index (χ4n) is 2.44. The van der Waals surface area contributed by atoms with Crippen molar-refractivity contribution in [3.8, 4) is 5.88 Å². The third-order valence-electron chi connectivity index (χ3n) is 3.72. The molecule has 0 aliphatic heterocycles. The van der Waals surface area contributed by atoms with Crippen LogP contribution in [0.3, 0.4) is 0 Å². The number of pyridine rings is 1. The van der Waals surface area contributed by atoms with E-state index in [1.54, 1.807) is 42.6 Å². The number of anilines is 1. The van der Waals surface area contributed by atoms with E-state index in [0.717, 1.165) is 5.56 Å². The number of methoxy groups -OCH3 is 2. The minimum Gasteiger partial charge on any atom is -0.481 e. The van der Waals surface area contributed by atoms with E-state index in [-0.39, 0.29) is 17.9 Å². The first kappa shape index (κ1) is 19.9. The van der Waals surface area contributed by atoms with Gasteiger partial charge in [-0.3, -0.25) is 9.59 Å². The standard InChI is InChI=1S/C19H21N3O5/c1-12(23)21-15-7-5-4-6-14(15)18(24)22-16(19(25)27-3)10-13-8-9-17(26-2)20-11-13/h4-9,11,16H,10H2,1-3H3,(H,21,23)(H,22,24)/t16-/m0/s1. The lowest BCUT2D eigenvalue weighted by Crippen LogP contribution is -2.43. The molecular formula is C19H21N3O5. The Hall–Kier alpha value is -3.42. The summed E-state index contributed by atoms with van der Waals surface area (Å²) in [5.74, 6) is -0.946. The monoisotopic (exact) mass is 371 g/mol. The molecule has 2 N–H and O–H groups in total. The zero-order valence-corrected chi connectivity index (χ0v) is 15.3. The van der Waals surface area contributed by atoms with E-state index in [1.807, 2.05) is 0 Å². The Bertz CT molecular complexity index is 820. The number of benzene rings is 1. The van der Waals surface area contributed by atoms with Crippen molar-refractivity contribution >= 4 is 23.5 Å². The number of aromatic nitrogens is 1. The fourth-order valence-corrected chi connectivity index (χ4v) is 2.44. The topological polar surface area (TPSA) is 107 Å². The number of carbonyl (C=O) groups is 3. The third kappa shape index (κ3) is 5.53. The Morgan fingerprint density at radius 2 is 1.85 bits per heavy atom.